The molecule has 1 heterocycles. The van der Waals surface area contributed by atoms with Gasteiger partial charge in [-0.15, -0.1) is 0 Å². The fraction of sp³-hybridized carbons (Fsp3) is 0.556. The van der Waals surface area contributed by atoms with Crippen LogP contribution in [0.3, 0.4) is 0 Å². The van der Waals surface area contributed by atoms with Gasteiger partial charge in [0, 0.05) is 6.04 Å². The van der Waals surface area contributed by atoms with Crippen molar-refractivity contribution in [2.24, 2.45) is 11.8 Å². The third-order valence-electron chi connectivity index (χ3n) is 5.31. The summed E-state index contributed by atoms with van der Waals surface area (Å²) in [5.41, 5.74) is 0.900. The topological polar surface area (TPSA) is 66.8 Å². The Hall–Kier alpha value is -2.04. The molecule has 1 saturated heterocycles. The zero-order chi connectivity index (χ0) is 16.4. The number of rotatable bonds is 3. The van der Waals surface area contributed by atoms with Gasteiger partial charge in [-0.25, -0.2) is 9.59 Å². The summed E-state index contributed by atoms with van der Waals surface area (Å²) >= 11 is 0. The van der Waals surface area contributed by atoms with Crippen LogP contribution < -0.4 is 0 Å². The number of ether oxygens (including phenoxy) is 1. The molecule has 1 aliphatic heterocycles. The van der Waals surface area contributed by atoms with Crippen molar-refractivity contribution in [1.29, 1.82) is 0 Å². The van der Waals surface area contributed by atoms with Crippen LogP contribution in [0.1, 0.15) is 38.2 Å². The molecule has 1 aromatic rings. The predicted molar refractivity (Wildman–Crippen MR) is 84.8 cm³/mol. The number of benzene rings is 1. The summed E-state index contributed by atoms with van der Waals surface area (Å²) in [4.78, 5) is 25.7. The van der Waals surface area contributed by atoms with E-state index in [0.717, 1.165) is 31.2 Å². The van der Waals surface area contributed by atoms with Gasteiger partial charge in [0.1, 0.15) is 12.6 Å². The fourth-order valence-corrected chi connectivity index (χ4v) is 4.22. The Balaban J connectivity index is 1.73. The van der Waals surface area contributed by atoms with E-state index in [1.807, 2.05) is 37.3 Å². The van der Waals surface area contributed by atoms with E-state index in [4.69, 9.17) is 4.74 Å². The molecule has 2 fully saturated rings. The lowest BCUT2D eigenvalue weighted by Gasteiger charge is -2.27. The number of fused-ring (bicyclic) bond motifs is 1. The van der Waals surface area contributed by atoms with Gasteiger partial charge in [0.05, 0.1) is 0 Å². The van der Waals surface area contributed by atoms with Crippen molar-refractivity contribution in [3.8, 4) is 0 Å². The molecule has 0 bridgehead atoms. The molecule has 2 aliphatic rings. The van der Waals surface area contributed by atoms with Crippen LogP contribution in [-0.4, -0.2) is 34.2 Å². The molecule has 1 aliphatic carbocycles. The quantitative estimate of drug-likeness (QED) is 0.929. The highest BCUT2D eigenvalue weighted by Gasteiger charge is 2.53. The second-order valence-electron chi connectivity index (χ2n) is 6.58. The molecule has 0 radical (unpaired) electrons. The van der Waals surface area contributed by atoms with Crippen molar-refractivity contribution in [2.75, 3.05) is 0 Å². The molecule has 3 rings (SSSR count). The summed E-state index contributed by atoms with van der Waals surface area (Å²) in [6.45, 7) is 2.13. The molecule has 1 saturated carbocycles. The first-order chi connectivity index (χ1) is 11.1. The van der Waals surface area contributed by atoms with Crippen molar-refractivity contribution < 1.29 is 19.4 Å². The van der Waals surface area contributed by atoms with E-state index in [9.17, 15) is 14.7 Å². The van der Waals surface area contributed by atoms with Crippen LogP contribution in [0.15, 0.2) is 30.3 Å². The number of hydrogen-bond acceptors (Lipinski definition) is 3. The molecular weight excluding hydrogens is 294 g/mol. The zero-order valence-corrected chi connectivity index (χ0v) is 13.4. The van der Waals surface area contributed by atoms with E-state index in [1.165, 1.54) is 4.90 Å². The number of hydrogen-bond donors (Lipinski definition) is 1. The van der Waals surface area contributed by atoms with Crippen LogP contribution in [0.5, 0.6) is 0 Å². The summed E-state index contributed by atoms with van der Waals surface area (Å²) < 4.78 is 5.39. The summed E-state index contributed by atoms with van der Waals surface area (Å²) in [6.07, 6.45) is 3.53. The average molecular weight is 317 g/mol. The molecule has 23 heavy (non-hydrogen) atoms. The van der Waals surface area contributed by atoms with Gasteiger partial charge in [-0.2, -0.15) is 0 Å². The van der Waals surface area contributed by atoms with E-state index >= 15 is 0 Å². The highest BCUT2D eigenvalue weighted by Crippen LogP contribution is 2.44. The number of carboxylic acid groups (broad SMARTS) is 1. The molecule has 4 unspecified atom stereocenters. The summed E-state index contributed by atoms with van der Waals surface area (Å²) in [7, 11) is 0. The van der Waals surface area contributed by atoms with E-state index in [0.29, 0.717) is 0 Å². The monoisotopic (exact) mass is 317 g/mol. The molecule has 0 spiro atoms. The van der Waals surface area contributed by atoms with Crippen molar-refractivity contribution in [3.63, 3.8) is 0 Å². The van der Waals surface area contributed by atoms with Crippen LogP contribution >= 0.6 is 0 Å². The number of aliphatic carboxylic acids is 1. The van der Waals surface area contributed by atoms with Gasteiger partial charge in [0.15, 0.2) is 0 Å². The molecule has 1 aromatic carbocycles. The lowest BCUT2D eigenvalue weighted by Crippen LogP contribution is -2.46. The van der Waals surface area contributed by atoms with Crippen LogP contribution in [0, 0.1) is 11.8 Å². The maximum atomic E-state index is 12.5. The molecule has 0 aromatic heterocycles. The summed E-state index contributed by atoms with van der Waals surface area (Å²) in [5.74, 6) is -0.586. The predicted octanol–water partition coefficient (Wildman–Crippen LogP) is 3.29. The lowest BCUT2D eigenvalue weighted by atomic mass is 9.76. The minimum Gasteiger partial charge on any atom is -0.480 e. The fourth-order valence-electron chi connectivity index (χ4n) is 4.22. The standard InChI is InChI=1S/C18H23NO4/c1-12-14-9-5-6-10-15(14)16(17(20)21)19(12)18(22)23-11-13-7-3-2-4-8-13/h2-4,7-8,12,14-16H,5-6,9-11H2,1H3,(H,20,21). The van der Waals surface area contributed by atoms with Crippen LogP contribution in [0.4, 0.5) is 4.79 Å². The molecular formula is C18H23NO4. The molecule has 5 nitrogen and oxygen atoms in total. The second-order valence-corrected chi connectivity index (χ2v) is 6.58. The van der Waals surface area contributed by atoms with Crippen molar-refractivity contribution in [1.82, 2.24) is 4.90 Å². The first kappa shape index (κ1) is 15.8. The largest absolute Gasteiger partial charge is 0.480 e. The molecule has 4 atom stereocenters. The van der Waals surface area contributed by atoms with Gasteiger partial charge in [-0.3, -0.25) is 4.90 Å². The average Bonchev–Trinajstić information content (AvgIpc) is 2.87. The van der Waals surface area contributed by atoms with Crippen LogP contribution in [-0.2, 0) is 16.1 Å². The van der Waals surface area contributed by atoms with E-state index < -0.39 is 18.1 Å². The lowest BCUT2D eigenvalue weighted by molar-refractivity contribution is -0.143. The van der Waals surface area contributed by atoms with E-state index in [-0.39, 0.29) is 24.5 Å². The van der Waals surface area contributed by atoms with Gasteiger partial charge in [0.25, 0.3) is 0 Å². The minimum atomic E-state index is -0.914. The SMILES string of the molecule is CC1C2CCCCC2C(C(=O)O)N1C(=O)OCc1ccccc1. The van der Waals surface area contributed by atoms with Crippen molar-refractivity contribution in [3.05, 3.63) is 35.9 Å². The van der Waals surface area contributed by atoms with Crippen LogP contribution in [0.25, 0.3) is 0 Å². The Morgan fingerprint density at radius 1 is 1.17 bits per heavy atom. The van der Waals surface area contributed by atoms with E-state index in [1.54, 1.807) is 0 Å². The molecule has 1 N–H and O–H groups in total. The number of carbonyl (C=O) groups excluding carboxylic acids is 1. The Bertz CT molecular complexity index is 574. The van der Waals surface area contributed by atoms with Gasteiger partial charge in [-0.1, -0.05) is 43.2 Å². The third-order valence-corrected chi connectivity index (χ3v) is 5.31. The maximum absolute atomic E-state index is 12.5. The maximum Gasteiger partial charge on any atom is 0.411 e. The van der Waals surface area contributed by atoms with Crippen molar-refractivity contribution in [2.45, 2.75) is 51.3 Å². The Kier molecular flexibility index (Phi) is 4.55. The van der Waals surface area contributed by atoms with Crippen molar-refractivity contribution >= 4 is 12.1 Å². The first-order valence-corrected chi connectivity index (χ1v) is 8.31. The van der Waals surface area contributed by atoms with Gasteiger partial charge < -0.3 is 9.84 Å². The Labute approximate surface area is 136 Å². The highest BCUT2D eigenvalue weighted by atomic mass is 16.6. The van der Waals surface area contributed by atoms with E-state index in [2.05, 4.69) is 0 Å². The molecule has 124 valence electrons. The summed E-state index contributed by atoms with van der Waals surface area (Å²) in [6, 6.07) is 8.61. The zero-order valence-electron chi connectivity index (χ0n) is 13.4. The summed E-state index contributed by atoms with van der Waals surface area (Å²) in [5, 5.41) is 9.63. The smallest absolute Gasteiger partial charge is 0.411 e. The normalized spacial score (nSPS) is 29.9. The Morgan fingerprint density at radius 2 is 1.83 bits per heavy atom. The third kappa shape index (κ3) is 3.05. The number of amides is 1. The van der Waals surface area contributed by atoms with Crippen LogP contribution in [0.2, 0.25) is 0 Å². The highest BCUT2D eigenvalue weighted by molar-refractivity contribution is 5.81. The van der Waals surface area contributed by atoms with Gasteiger partial charge in [0.2, 0.25) is 0 Å². The first-order valence-electron chi connectivity index (χ1n) is 8.31. The number of likely N-dealkylation sites (tertiary alicyclic amines) is 1. The van der Waals surface area contributed by atoms with Gasteiger partial charge >= 0.3 is 12.1 Å². The molecule has 1 amide bonds. The van der Waals surface area contributed by atoms with Gasteiger partial charge in [-0.05, 0) is 37.2 Å². The number of nitrogens with zero attached hydrogens (tertiary/aromatic N) is 1. The molecule has 5 heteroatoms. The number of carbonyl (C=O) groups is 2. The minimum absolute atomic E-state index is 0.0560. The number of carboxylic acids is 1. The Morgan fingerprint density at radius 3 is 2.48 bits per heavy atom. The second kappa shape index (κ2) is 6.60.